The Labute approximate surface area is 265 Å². The standard InChI is InChI=1S/C31H32ClF3N4O5S/c1-29(2,3)44-27(41)37-30(9-12-43-13-10-30)8-11-39-26(40)25(45-28(39)42)22(18-5-7-24-20(14-18)17-36-38-24)15-19-4-6-21(32)16-23(19)31(33,34)35/h4-7,14,16-17,40H,8-13,15H2,1-3H3,(H,37,41). The largest absolute Gasteiger partial charge is 0.493 e. The maximum absolute atomic E-state index is 14.1. The van der Waals surface area contributed by atoms with Gasteiger partial charge in [-0.3, -0.25) is 9.36 Å². The lowest BCUT2D eigenvalue weighted by molar-refractivity contribution is -0.138. The molecule has 14 heteroatoms. The van der Waals surface area contributed by atoms with Crippen LogP contribution in [-0.2, 0) is 28.6 Å². The van der Waals surface area contributed by atoms with E-state index in [0.717, 1.165) is 17.4 Å². The topological polar surface area (TPSA) is 115 Å². The van der Waals surface area contributed by atoms with Crippen molar-refractivity contribution in [3.63, 3.8) is 0 Å². The van der Waals surface area contributed by atoms with E-state index in [1.54, 1.807) is 39.0 Å². The van der Waals surface area contributed by atoms with Crippen LogP contribution < -0.4 is 20.8 Å². The van der Waals surface area contributed by atoms with Crippen molar-refractivity contribution < 1.29 is 32.5 Å². The lowest BCUT2D eigenvalue weighted by Gasteiger charge is -2.38. The fraction of sp³-hybridized carbons (Fsp3) is 0.419. The van der Waals surface area contributed by atoms with E-state index in [1.165, 1.54) is 22.9 Å². The zero-order valence-corrected chi connectivity index (χ0v) is 26.4. The van der Waals surface area contributed by atoms with Gasteiger partial charge in [0.05, 0.1) is 22.0 Å². The number of aromatic nitrogens is 1. The van der Waals surface area contributed by atoms with Gasteiger partial charge in [-0.1, -0.05) is 35.1 Å². The zero-order chi connectivity index (χ0) is 32.6. The molecular formula is C31H32ClF3N4O5S. The molecule has 3 aromatic rings. The van der Waals surface area contributed by atoms with Crippen molar-refractivity contribution in [2.24, 2.45) is 10.2 Å². The predicted molar refractivity (Wildman–Crippen MR) is 164 cm³/mol. The van der Waals surface area contributed by atoms with Gasteiger partial charge in [-0.2, -0.15) is 23.4 Å². The van der Waals surface area contributed by atoms with E-state index < -0.39 is 33.8 Å². The lowest BCUT2D eigenvalue weighted by Crippen LogP contribution is -2.53. The van der Waals surface area contributed by atoms with E-state index in [0.29, 0.717) is 47.8 Å². The van der Waals surface area contributed by atoms with Gasteiger partial charge in [-0.15, -0.1) is 0 Å². The number of nitrogens with zero attached hydrogens (tertiary/aromatic N) is 3. The van der Waals surface area contributed by atoms with Crippen molar-refractivity contribution >= 4 is 40.8 Å². The predicted octanol–water partition coefficient (Wildman–Crippen LogP) is 5.16. The monoisotopic (exact) mass is 664 g/mol. The minimum Gasteiger partial charge on any atom is -0.493 e. The molecule has 2 N–H and O–H groups in total. The third-order valence-electron chi connectivity index (χ3n) is 7.66. The number of thiazole rings is 1. The number of hydrogen-bond acceptors (Lipinski definition) is 8. The summed E-state index contributed by atoms with van der Waals surface area (Å²) in [5.41, 5.74) is -1.49. The number of rotatable bonds is 7. The van der Waals surface area contributed by atoms with Crippen LogP contribution in [0, 0.1) is 0 Å². The third-order valence-corrected chi connectivity index (χ3v) is 8.92. The van der Waals surface area contributed by atoms with Crippen LogP contribution in [0.15, 0.2) is 51.4 Å². The first-order valence-electron chi connectivity index (χ1n) is 14.3. The van der Waals surface area contributed by atoms with Gasteiger partial charge in [0.2, 0.25) is 5.88 Å². The molecule has 0 aliphatic carbocycles. The molecule has 0 radical (unpaired) electrons. The number of carbonyl (C=O) groups is 1. The lowest BCUT2D eigenvalue weighted by atomic mass is 9.86. The van der Waals surface area contributed by atoms with Gasteiger partial charge >= 0.3 is 17.1 Å². The quantitative estimate of drug-likeness (QED) is 0.362. The first kappa shape index (κ1) is 32.7. The molecule has 1 aromatic heterocycles. The molecule has 2 aliphatic rings. The van der Waals surface area contributed by atoms with Gasteiger partial charge in [-0.25, -0.2) is 4.79 Å². The summed E-state index contributed by atoms with van der Waals surface area (Å²) in [4.78, 5) is 25.7. The Kier molecular flexibility index (Phi) is 9.16. The molecule has 1 saturated heterocycles. The van der Waals surface area contributed by atoms with Crippen LogP contribution in [-0.4, -0.2) is 46.3 Å². The molecule has 0 spiro atoms. The average Bonchev–Trinajstić information content (AvgIpc) is 3.53. The maximum Gasteiger partial charge on any atom is 0.416 e. The Bertz CT molecular complexity index is 1820. The van der Waals surface area contributed by atoms with Gasteiger partial charge < -0.3 is 19.9 Å². The van der Waals surface area contributed by atoms with Crippen LogP contribution in [0.5, 0.6) is 5.88 Å². The number of carbonyl (C=O) groups excluding carboxylic acids is 1. The molecule has 1 amide bonds. The van der Waals surface area contributed by atoms with Crippen molar-refractivity contribution in [3.8, 4) is 5.88 Å². The summed E-state index contributed by atoms with van der Waals surface area (Å²) in [5.74, 6) is -0.374. The summed E-state index contributed by atoms with van der Waals surface area (Å²) in [7, 11) is 0. The number of alkyl carbamates (subject to hydrolysis) is 1. The molecular weight excluding hydrogens is 633 g/mol. The number of ether oxygens (including phenoxy) is 2. The molecule has 9 nitrogen and oxygen atoms in total. The maximum atomic E-state index is 14.1. The van der Waals surface area contributed by atoms with Crippen molar-refractivity contribution in [1.29, 1.82) is 0 Å². The van der Waals surface area contributed by atoms with Crippen LogP contribution in [0.25, 0.3) is 5.57 Å². The number of alkyl halides is 3. The van der Waals surface area contributed by atoms with E-state index in [2.05, 4.69) is 15.5 Å². The Balaban J connectivity index is 1.54. The van der Waals surface area contributed by atoms with Crippen molar-refractivity contribution in [3.05, 3.63) is 83.2 Å². The normalized spacial score (nSPS) is 16.6. The third kappa shape index (κ3) is 7.59. The Hall–Kier alpha value is -3.68. The zero-order valence-electron chi connectivity index (χ0n) is 24.8. The van der Waals surface area contributed by atoms with Gasteiger partial charge in [-0.05, 0) is 80.7 Å². The highest BCUT2D eigenvalue weighted by Gasteiger charge is 2.37. The molecule has 2 aliphatic heterocycles. The number of halogens is 4. The number of amides is 1. The average molecular weight is 665 g/mol. The minimum absolute atomic E-state index is 0.0364. The number of nitrogens with one attached hydrogen (secondary N) is 1. The molecule has 0 unspecified atom stereocenters. The van der Waals surface area contributed by atoms with Crippen LogP contribution in [0.4, 0.5) is 18.0 Å². The van der Waals surface area contributed by atoms with Crippen LogP contribution in [0.3, 0.4) is 0 Å². The molecule has 0 saturated carbocycles. The summed E-state index contributed by atoms with van der Waals surface area (Å²) in [5, 5.41) is 23.3. The second-order valence-electron chi connectivity index (χ2n) is 12.0. The van der Waals surface area contributed by atoms with E-state index in [9.17, 15) is 27.9 Å². The fourth-order valence-corrected chi connectivity index (χ4v) is 6.55. The molecule has 0 bridgehead atoms. The van der Waals surface area contributed by atoms with E-state index >= 15 is 0 Å². The Morgan fingerprint density at radius 3 is 2.60 bits per heavy atom. The molecule has 45 heavy (non-hydrogen) atoms. The first-order valence-corrected chi connectivity index (χ1v) is 15.5. The summed E-state index contributed by atoms with van der Waals surface area (Å²) >= 11 is 6.66. The van der Waals surface area contributed by atoms with Gasteiger partial charge in [0.25, 0.3) is 0 Å². The fourth-order valence-electron chi connectivity index (χ4n) is 5.40. The molecule has 1 fully saturated rings. The van der Waals surface area contributed by atoms with E-state index in [1.807, 2.05) is 0 Å². The van der Waals surface area contributed by atoms with Crippen molar-refractivity contribution in [2.75, 3.05) is 13.2 Å². The second-order valence-corrected chi connectivity index (χ2v) is 13.4. The minimum atomic E-state index is -4.69. The SMILES string of the molecule is CC(C)(C)OC(=O)NC1(CCn2c(O)c(C(Cc3ccc(Cl)cc3C(F)(F)F)=c3ccc4c(c3)C=NN=4)sc2=O)CCOCC1. The van der Waals surface area contributed by atoms with Crippen molar-refractivity contribution in [2.45, 2.75) is 70.3 Å². The molecule has 240 valence electrons. The number of benzene rings is 2. The highest BCUT2D eigenvalue weighted by molar-refractivity contribution is 7.10. The molecule has 2 aromatic carbocycles. The summed E-state index contributed by atoms with van der Waals surface area (Å²) in [6.07, 6.45) is -2.80. The van der Waals surface area contributed by atoms with Crippen LogP contribution in [0.1, 0.15) is 61.6 Å². The highest BCUT2D eigenvalue weighted by atomic mass is 35.5. The van der Waals surface area contributed by atoms with Crippen LogP contribution >= 0.6 is 22.9 Å². The summed E-state index contributed by atoms with van der Waals surface area (Å²) in [6, 6.07) is 8.59. The van der Waals surface area contributed by atoms with Gasteiger partial charge in [0.1, 0.15) is 5.60 Å². The molecule has 3 heterocycles. The van der Waals surface area contributed by atoms with E-state index in [4.69, 9.17) is 21.1 Å². The van der Waals surface area contributed by atoms with Crippen LogP contribution in [0.2, 0.25) is 5.02 Å². The van der Waals surface area contributed by atoms with E-state index in [-0.39, 0.29) is 40.7 Å². The first-order chi connectivity index (χ1) is 21.1. The Morgan fingerprint density at radius 1 is 1.18 bits per heavy atom. The summed E-state index contributed by atoms with van der Waals surface area (Å²) in [6.45, 7) is 6.08. The number of fused-ring (bicyclic) bond motifs is 1. The highest BCUT2D eigenvalue weighted by Crippen LogP contribution is 2.37. The van der Waals surface area contributed by atoms with Gasteiger partial charge in [0.15, 0.2) is 0 Å². The number of hydrogen-bond donors (Lipinski definition) is 2. The molecule has 0 atom stereocenters. The second kappa shape index (κ2) is 12.6. The number of aromatic hydroxyl groups is 1. The van der Waals surface area contributed by atoms with Crippen molar-refractivity contribution in [1.82, 2.24) is 9.88 Å². The van der Waals surface area contributed by atoms with Gasteiger partial charge in [0, 0.05) is 42.3 Å². The smallest absolute Gasteiger partial charge is 0.416 e. The Morgan fingerprint density at radius 2 is 1.91 bits per heavy atom. The molecule has 5 rings (SSSR count). The summed E-state index contributed by atoms with van der Waals surface area (Å²) < 4.78 is 54.3.